The average Bonchev–Trinajstić information content (AvgIpc) is 2.90. The van der Waals surface area contributed by atoms with Crippen LogP contribution in [0.4, 0.5) is 5.82 Å². The third kappa shape index (κ3) is 2.15. The molecule has 0 bridgehead atoms. The van der Waals surface area contributed by atoms with E-state index in [2.05, 4.69) is 14.9 Å². The Kier molecular flexibility index (Phi) is 3.41. The third-order valence-corrected chi connectivity index (χ3v) is 2.77. The van der Waals surface area contributed by atoms with Gasteiger partial charge in [-0.05, 0) is 12.8 Å². The van der Waals surface area contributed by atoms with Crippen molar-refractivity contribution >= 4 is 12.1 Å². The van der Waals surface area contributed by atoms with E-state index in [-0.39, 0.29) is 11.9 Å². The molecule has 1 fully saturated rings. The first-order valence-corrected chi connectivity index (χ1v) is 5.50. The van der Waals surface area contributed by atoms with Crippen molar-refractivity contribution < 1.29 is 14.3 Å². The van der Waals surface area contributed by atoms with Gasteiger partial charge in [-0.15, -0.1) is 0 Å². The van der Waals surface area contributed by atoms with Crippen molar-refractivity contribution in [1.82, 2.24) is 9.97 Å². The van der Waals surface area contributed by atoms with Crippen LogP contribution in [-0.2, 0) is 0 Å². The minimum Gasteiger partial charge on any atom is -0.480 e. The maximum Gasteiger partial charge on any atom is 0.321 e. The molecule has 1 saturated heterocycles. The van der Waals surface area contributed by atoms with Gasteiger partial charge in [-0.25, -0.2) is 0 Å². The molecule has 1 aromatic rings. The van der Waals surface area contributed by atoms with Gasteiger partial charge >= 0.3 is 6.01 Å². The van der Waals surface area contributed by atoms with Crippen molar-refractivity contribution in [3.63, 3.8) is 0 Å². The number of anilines is 1. The third-order valence-electron chi connectivity index (χ3n) is 2.77. The number of methoxy groups -OCH3 is 2. The van der Waals surface area contributed by atoms with E-state index in [0.29, 0.717) is 11.4 Å². The zero-order valence-corrected chi connectivity index (χ0v) is 9.97. The number of aldehydes is 1. The van der Waals surface area contributed by atoms with E-state index in [1.807, 2.05) is 0 Å². The van der Waals surface area contributed by atoms with Crippen molar-refractivity contribution in [3.8, 4) is 11.9 Å². The molecule has 0 aliphatic carbocycles. The highest BCUT2D eigenvalue weighted by molar-refractivity contribution is 5.86. The second-order valence-electron chi connectivity index (χ2n) is 3.77. The Morgan fingerprint density at radius 2 is 1.88 bits per heavy atom. The number of aromatic nitrogens is 2. The first-order chi connectivity index (χ1) is 8.30. The van der Waals surface area contributed by atoms with Crippen LogP contribution in [0.25, 0.3) is 0 Å². The Hall–Kier alpha value is -1.85. The Labute approximate surface area is 99.6 Å². The number of ether oxygens (including phenoxy) is 2. The molecule has 0 N–H and O–H groups in total. The summed E-state index contributed by atoms with van der Waals surface area (Å²) < 4.78 is 10.1. The predicted molar refractivity (Wildman–Crippen MR) is 62.0 cm³/mol. The molecule has 2 rings (SSSR count). The first kappa shape index (κ1) is 11.6. The molecule has 2 heterocycles. The van der Waals surface area contributed by atoms with Gasteiger partial charge in [0, 0.05) is 13.1 Å². The summed E-state index contributed by atoms with van der Waals surface area (Å²) in [4.78, 5) is 21.4. The van der Waals surface area contributed by atoms with E-state index in [1.165, 1.54) is 14.2 Å². The SMILES string of the molecule is COc1nc(OC)c(C=O)c(N2CCCC2)n1. The predicted octanol–water partition coefficient (Wildman–Crippen LogP) is 0.906. The van der Waals surface area contributed by atoms with Crippen LogP contribution < -0.4 is 14.4 Å². The maximum absolute atomic E-state index is 11.1. The Morgan fingerprint density at radius 1 is 1.18 bits per heavy atom. The lowest BCUT2D eigenvalue weighted by atomic mass is 10.3. The largest absolute Gasteiger partial charge is 0.480 e. The van der Waals surface area contributed by atoms with E-state index in [4.69, 9.17) is 9.47 Å². The molecule has 0 saturated carbocycles. The van der Waals surface area contributed by atoms with Crippen molar-refractivity contribution in [1.29, 1.82) is 0 Å². The molecule has 6 heteroatoms. The molecular weight excluding hydrogens is 222 g/mol. The van der Waals surface area contributed by atoms with Crippen molar-refractivity contribution in [2.24, 2.45) is 0 Å². The van der Waals surface area contributed by atoms with Gasteiger partial charge in [0.05, 0.1) is 14.2 Å². The lowest BCUT2D eigenvalue weighted by Gasteiger charge is -2.19. The van der Waals surface area contributed by atoms with E-state index in [0.717, 1.165) is 32.2 Å². The number of carbonyl (C=O) groups excluding carboxylic acids is 1. The summed E-state index contributed by atoms with van der Waals surface area (Å²) in [5, 5.41) is 0. The number of rotatable bonds is 4. The van der Waals surface area contributed by atoms with Crippen LogP contribution in [0.1, 0.15) is 23.2 Å². The van der Waals surface area contributed by atoms with Crippen LogP contribution in [0.15, 0.2) is 0 Å². The second kappa shape index (κ2) is 4.99. The lowest BCUT2D eigenvalue weighted by Crippen LogP contribution is -2.21. The highest BCUT2D eigenvalue weighted by atomic mass is 16.5. The van der Waals surface area contributed by atoms with Gasteiger partial charge in [-0.2, -0.15) is 9.97 Å². The van der Waals surface area contributed by atoms with Gasteiger partial charge < -0.3 is 14.4 Å². The summed E-state index contributed by atoms with van der Waals surface area (Å²) in [5.41, 5.74) is 0.384. The Balaban J connectivity index is 2.49. The molecule has 1 aromatic heterocycles. The number of carbonyl (C=O) groups is 1. The summed E-state index contributed by atoms with van der Waals surface area (Å²) in [5.74, 6) is 0.856. The molecule has 17 heavy (non-hydrogen) atoms. The zero-order valence-electron chi connectivity index (χ0n) is 9.97. The number of hydrogen-bond donors (Lipinski definition) is 0. The quantitative estimate of drug-likeness (QED) is 0.725. The van der Waals surface area contributed by atoms with Gasteiger partial charge in [0.25, 0.3) is 0 Å². The molecule has 0 unspecified atom stereocenters. The van der Waals surface area contributed by atoms with Gasteiger partial charge in [0.1, 0.15) is 11.4 Å². The standard InChI is InChI=1S/C11H15N3O3/c1-16-10-8(7-15)9(12-11(13-10)17-2)14-5-3-4-6-14/h7H,3-6H2,1-2H3. The lowest BCUT2D eigenvalue weighted by molar-refractivity contribution is 0.111. The van der Waals surface area contributed by atoms with E-state index >= 15 is 0 Å². The topological polar surface area (TPSA) is 64.6 Å². The summed E-state index contributed by atoms with van der Waals surface area (Å²) in [6, 6.07) is 0.217. The van der Waals surface area contributed by atoms with E-state index in [9.17, 15) is 4.79 Å². The van der Waals surface area contributed by atoms with Gasteiger partial charge in [0.2, 0.25) is 5.88 Å². The summed E-state index contributed by atoms with van der Waals surface area (Å²) in [6.45, 7) is 1.79. The minimum atomic E-state index is 0.217. The monoisotopic (exact) mass is 237 g/mol. The Bertz CT molecular complexity index is 417. The fourth-order valence-corrected chi connectivity index (χ4v) is 1.94. The molecule has 92 valence electrons. The maximum atomic E-state index is 11.1. The number of hydrogen-bond acceptors (Lipinski definition) is 6. The average molecular weight is 237 g/mol. The molecule has 0 aromatic carbocycles. The number of nitrogens with zero attached hydrogens (tertiary/aromatic N) is 3. The van der Waals surface area contributed by atoms with E-state index in [1.54, 1.807) is 0 Å². The smallest absolute Gasteiger partial charge is 0.321 e. The van der Waals surface area contributed by atoms with Crippen LogP contribution in [0.3, 0.4) is 0 Å². The van der Waals surface area contributed by atoms with Crippen LogP contribution in [0.5, 0.6) is 11.9 Å². The van der Waals surface area contributed by atoms with Crippen LogP contribution in [-0.4, -0.2) is 43.6 Å². The van der Waals surface area contributed by atoms with Crippen LogP contribution >= 0.6 is 0 Å². The van der Waals surface area contributed by atoms with Crippen molar-refractivity contribution in [3.05, 3.63) is 5.56 Å². The first-order valence-electron chi connectivity index (χ1n) is 5.50. The van der Waals surface area contributed by atoms with Gasteiger partial charge in [0.15, 0.2) is 6.29 Å². The molecule has 6 nitrogen and oxygen atoms in total. The summed E-state index contributed by atoms with van der Waals surface area (Å²) in [6.07, 6.45) is 2.94. The molecular formula is C11H15N3O3. The normalized spacial score (nSPS) is 14.8. The highest BCUT2D eigenvalue weighted by Crippen LogP contribution is 2.28. The Morgan fingerprint density at radius 3 is 2.41 bits per heavy atom. The minimum absolute atomic E-state index is 0.217. The molecule has 0 amide bonds. The second-order valence-corrected chi connectivity index (χ2v) is 3.77. The van der Waals surface area contributed by atoms with Crippen molar-refractivity contribution in [2.75, 3.05) is 32.2 Å². The molecule has 0 atom stereocenters. The molecule has 0 spiro atoms. The van der Waals surface area contributed by atoms with Gasteiger partial charge in [-0.1, -0.05) is 0 Å². The fourth-order valence-electron chi connectivity index (χ4n) is 1.94. The fraction of sp³-hybridized carbons (Fsp3) is 0.545. The zero-order chi connectivity index (χ0) is 12.3. The molecule has 0 radical (unpaired) electrons. The summed E-state index contributed by atoms with van der Waals surface area (Å²) >= 11 is 0. The van der Waals surface area contributed by atoms with Crippen LogP contribution in [0, 0.1) is 0 Å². The van der Waals surface area contributed by atoms with Gasteiger partial charge in [-0.3, -0.25) is 4.79 Å². The summed E-state index contributed by atoms with van der Waals surface area (Å²) in [7, 11) is 2.96. The molecule has 1 aliphatic heterocycles. The highest BCUT2D eigenvalue weighted by Gasteiger charge is 2.22. The van der Waals surface area contributed by atoms with Crippen molar-refractivity contribution in [2.45, 2.75) is 12.8 Å². The van der Waals surface area contributed by atoms with E-state index < -0.39 is 0 Å². The molecule has 1 aliphatic rings. The van der Waals surface area contributed by atoms with Crippen LogP contribution in [0.2, 0.25) is 0 Å².